The van der Waals surface area contributed by atoms with Gasteiger partial charge in [-0.1, -0.05) is 12.8 Å². The van der Waals surface area contributed by atoms with Gasteiger partial charge in [-0.05, 0) is 39.2 Å². The van der Waals surface area contributed by atoms with E-state index in [2.05, 4.69) is 12.2 Å². The van der Waals surface area contributed by atoms with E-state index in [0.29, 0.717) is 0 Å². The summed E-state index contributed by atoms with van der Waals surface area (Å²) in [5.74, 6) is 0. The number of unbranched alkanes of at least 4 members (excludes halogenated alkanes) is 1. The predicted molar refractivity (Wildman–Crippen MR) is 56.0 cm³/mol. The number of hydrogen-bond acceptors (Lipinski definition) is 2. The van der Waals surface area contributed by atoms with Crippen molar-refractivity contribution in [1.29, 1.82) is 0 Å². The van der Waals surface area contributed by atoms with Crippen LogP contribution in [0, 0.1) is 0 Å². The fourth-order valence-corrected chi connectivity index (χ4v) is 1.91. The minimum absolute atomic E-state index is 0.826. The summed E-state index contributed by atoms with van der Waals surface area (Å²) >= 11 is 0. The summed E-state index contributed by atoms with van der Waals surface area (Å²) in [5, 5.41) is 3.60. The lowest BCUT2D eigenvalue weighted by molar-refractivity contribution is 0.143. The van der Waals surface area contributed by atoms with Crippen molar-refractivity contribution in [1.82, 2.24) is 5.32 Å². The van der Waals surface area contributed by atoms with Crippen LogP contribution < -0.4 is 5.32 Å². The summed E-state index contributed by atoms with van der Waals surface area (Å²) in [6.07, 6.45) is 8.11. The van der Waals surface area contributed by atoms with Crippen molar-refractivity contribution < 1.29 is 4.74 Å². The second-order valence-electron chi connectivity index (χ2n) is 3.84. The molecule has 0 aromatic heterocycles. The van der Waals surface area contributed by atoms with Gasteiger partial charge in [0.15, 0.2) is 0 Å². The Hall–Kier alpha value is -0.0800. The quantitative estimate of drug-likeness (QED) is 0.615. The van der Waals surface area contributed by atoms with Crippen LogP contribution in [0.4, 0.5) is 0 Å². The van der Waals surface area contributed by atoms with E-state index in [1.165, 1.54) is 45.1 Å². The van der Waals surface area contributed by atoms with Crippen LogP contribution in [0.5, 0.6) is 0 Å². The SMILES string of the molecule is CCOCCCCNC1CCCC1. The molecule has 0 amide bonds. The fourth-order valence-electron chi connectivity index (χ4n) is 1.91. The summed E-state index contributed by atoms with van der Waals surface area (Å²) in [6, 6.07) is 0.826. The zero-order valence-corrected chi connectivity index (χ0v) is 8.85. The van der Waals surface area contributed by atoms with Crippen molar-refractivity contribution >= 4 is 0 Å². The molecule has 0 unspecified atom stereocenters. The van der Waals surface area contributed by atoms with Crippen LogP contribution in [0.2, 0.25) is 0 Å². The minimum Gasteiger partial charge on any atom is -0.382 e. The van der Waals surface area contributed by atoms with Gasteiger partial charge in [-0.15, -0.1) is 0 Å². The highest BCUT2D eigenvalue weighted by molar-refractivity contribution is 4.72. The summed E-state index contributed by atoms with van der Waals surface area (Å²) in [7, 11) is 0. The van der Waals surface area contributed by atoms with Crippen molar-refractivity contribution in [3.63, 3.8) is 0 Å². The van der Waals surface area contributed by atoms with E-state index < -0.39 is 0 Å². The zero-order valence-electron chi connectivity index (χ0n) is 8.85. The molecule has 1 aliphatic carbocycles. The smallest absolute Gasteiger partial charge is 0.0466 e. The van der Waals surface area contributed by atoms with Crippen LogP contribution in [0.1, 0.15) is 45.4 Å². The molecule has 13 heavy (non-hydrogen) atoms. The maximum Gasteiger partial charge on any atom is 0.0466 e. The molecule has 0 bridgehead atoms. The van der Waals surface area contributed by atoms with Gasteiger partial charge in [-0.25, -0.2) is 0 Å². The molecule has 0 atom stereocenters. The van der Waals surface area contributed by atoms with Crippen LogP contribution in [-0.4, -0.2) is 25.8 Å². The molecule has 1 fully saturated rings. The molecule has 0 saturated heterocycles. The molecule has 1 saturated carbocycles. The largest absolute Gasteiger partial charge is 0.382 e. The van der Waals surface area contributed by atoms with Crippen molar-refractivity contribution in [2.75, 3.05) is 19.8 Å². The maximum absolute atomic E-state index is 5.28. The minimum atomic E-state index is 0.826. The van der Waals surface area contributed by atoms with E-state index in [0.717, 1.165) is 19.3 Å². The highest BCUT2D eigenvalue weighted by Gasteiger charge is 2.12. The summed E-state index contributed by atoms with van der Waals surface area (Å²) in [5.41, 5.74) is 0. The Morgan fingerprint density at radius 2 is 2.00 bits per heavy atom. The summed E-state index contributed by atoms with van der Waals surface area (Å²) in [4.78, 5) is 0. The molecule has 0 radical (unpaired) electrons. The zero-order chi connectivity index (χ0) is 9.36. The van der Waals surface area contributed by atoms with Gasteiger partial charge in [0.05, 0.1) is 0 Å². The Morgan fingerprint density at radius 1 is 1.23 bits per heavy atom. The first kappa shape index (κ1) is 11.0. The molecular weight excluding hydrogens is 162 g/mol. The van der Waals surface area contributed by atoms with E-state index in [1.807, 2.05) is 0 Å². The molecule has 0 heterocycles. The first-order valence-electron chi connectivity index (χ1n) is 5.74. The topological polar surface area (TPSA) is 21.3 Å². The summed E-state index contributed by atoms with van der Waals surface area (Å²) in [6.45, 7) is 5.02. The third-order valence-corrected chi connectivity index (χ3v) is 2.71. The second kappa shape index (κ2) is 7.34. The Kier molecular flexibility index (Phi) is 6.21. The van der Waals surface area contributed by atoms with Gasteiger partial charge in [-0.3, -0.25) is 0 Å². The number of nitrogens with one attached hydrogen (secondary N) is 1. The van der Waals surface area contributed by atoms with Gasteiger partial charge >= 0.3 is 0 Å². The first-order valence-corrected chi connectivity index (χ1v) is 5.74. The Balaban J connectivity index is 1.78. The molecule has 0 aromatic rings. The maximum atomic E-state index is 5.28. The Labute approximate surface area is 82.0 Å². The molecule has 1 rings (SSSR count). The molecule has 1 aliphatic rings. The van der Waals surface area contributed by atoms with Crippen LogP contribution in [-0.2, 0) is 4.74 Å². The van der Waals surface area contributed by atoms with Gasteiger partial charge in [-0.2, -0.15) is 0 Å². The lowest BCUT2D eigenvalue weighted by Gasteiger charge is -2.10. The number of rotatable bonds is 7. The number of ether oxygens (including phenoxy) is 1. The Bertz CT molecular complexity index is 111. The second-order valence-corrected chi connectivity index (χ2v) is 3.84. The lowest BCUT2D eigenvalue weighted by Crippen LogP contribution is -2.26. The van der Waals surface area contributed by atoms with Crippen LogP contribution in [0.25, 0.3) is 0 Å². The monoisotopic (exact) mass is 185 g/mol. The molecule has 2 nitrogen and oxygen atoms in total. The highest BCUT2D eigenvalue weighted by Crippen LogP contribution is 2.17. The van der Waals surface area contributed by atoms with Crippen molar-refractivity contribution in [2.45, 2.75) is 51.5 Å². The van der Waals surface area contributed by atoms with E-state index in [9.17, 15) is 0 Å². The molecule has 78 valence electrons. The van der Waals surface area contributed by atoms with E-state index in [-0.39, 0.29) is 0 Å². The fraction of sp³-hybridized carbons (Fsp3) is 1.00. The average molecular weight is 185 g/mol. The van der Waals surface area contributed by atoms with E-state index in [4.69, 9.17) is 4.74 Å². The first-order chi connectivity index (χ1) is 6.43. The van der Waals surface area contributed by atoms with Gasteiger partial charge in [0.1, 0.15) is 0 Å². The lowest BCUT2D eigenvalue weighted by atomic mass is 10.2. The van der Waals surface area contributed by atoms with Gasteiger partial charge < -0.3 is 10.1 Å². The molecule has 1 N–H and O–H groups in total. The van der Waals surface area contributed by atoms with E-state index >= 15 is 0 Å². The van der Waals surface area contributed by atoms with Gasteiger partial charge in [0.25, 0.3) is 0 Å². The normalized spacial score (nSPS) is 18.2. The molecule has 2 heteroatoms. The third-order valence-electron chi connectivity index (χ3n) is 2.71. The molecule has 0 spiro atoms. The molecular formula is C11H23NO. The van der Waals surface area contributed by atoms with Crippen molar-refractivity contribution in [3.8, 4) is 0 Å². The third kappa shape index (κ3) is 5.27. The van der Waals surface area contributed by atoms with Crippen molar-refractivity contribution in [3.05, 3.63) is 0 Å². The van der Waals surface area contributed by atoms with Crippen LogP contribution >= 0.6 is 0 Å². The van der Waals surface area contributed by atoms with Crippen LogP contribution in [0.3, 0.4) is 0 Å². The van der Waals surface area contributed by atoms with Crippen molar-refractivity contribution in [2.24, 2.45) is 0 Å². The van der Waals surface area contributed by atoms with Gasteiger partial charge in [0, 0.05) is 19.3 Å². The Morgan fingerprint density at radius 3 is 2.69 bits per heavy atom. The average Bonchev–Trinajstić information content (AvgIpc) is 2.63. The molecule has 0 aromatic carbocycles. The standard InChI is InChI=1S/C11H23NO/c1-2-13-10-6-5-9-12-11-7-3-4-8-11/h11-12H,2-10H2,1H3. The number of hydrogen-bond donors (Lipinski definition) is 1. The van der Waals surface area contributed by atoms with Crippen LogP contribution in [0.15, 0.2) is 0 Å². The molecule has 0 aliphatic heterocycles. The summed E-state index contributed by atoms with van der Waals surface area (Å²) < 4.78 is 5.28. The highest BCUT2D eigenvalue weighted by atomic mass is 16.5. The van der Waals surface area contributed by atoms with Gasteiger partial charge in [0.2, 0.25) is 0 Å². The van der Waals surface area contributed by atoms with E-state index in [1.54, 1.807) is 0 Å². The predicted octanol–water partition coefficient (Wildman–Crippen LogP) is 2.34.